The minimum atomic E-state index is -0.0729. The molecule has 4 aromatic rings. The summed E-state index contributed by atoms with van der Waals surface area (Å²) < 4.78 is 5.10. The van der Waals surface area contributed by atoms with Crippen LogP contribution in [0.5, 0.6) is 0 Å². The van der Waals surface area contributed by atoms with Crippen LogP contribution in [0.2, 0.25) is 0 Å². The second-order valence-electron chi connectivity index (χ2n) is 6.81. The van der Waals surface area contributed by atoms with Crippen LogP contribution in [0.3, 0.4) is 0 Å². The molecule has 0 amide bonds. The quantitative estimate of drug-likeness (QED) is 0.386. The zero-order chi connectivity index (χ0) is 20.2. The Balaban J connectivity index is 1.90. The molecule has 0 aliphatic heterocycles. The van der Waals surface area contributed by atoms with Gasteiger partial charge in [-0.1, -0.05) is 56.2 Å². The molecule has 0 bridgehead atoms. The molecule has 0 unspecified atom stereocenters. The third-order valence-corrected chi connectivity index (χ3v) is 5.44. The predicted molar refractivity (Wildman–Crippen MR) is 119 cm³/mol. The number of nitrogens with one attached hydrogen (secondary N) is 2. The van der Waals surface area contributed by atoms with Crippen molar-refractivity contribution in [3.05, 3.63) is 81.9 Å². The SMILES string of the molecule is CCCCC(c1n[nH]c(=S)n1-c1ccccc1)c1n[nH]c(=S)n1-c1ccccc1. The van der Waals surface area contributed by atoms with Crippen molar-refractivity contribution in [3.63, 3.8) is 0 Å². The summed E-state index contributed by atoms with van der Waals surface area (Å²) in [5.74, 6) is 1.60. The molecule has 29 heavy (non-hydrogen) atoms. The lowest BCUT2D eigenvalue weighted by Crippen LogP contribution is -2.15. The van der Waals surface area contributed by atoms with Gasteiger partial charge in [-0.25, -0.2) is 0 Å². The standard InChI is InChI=1S/C21H22N6S2/c1-2-3-14-17(18-22-24-20(28)26(18)15-10-6-4-7-11-15)19-23-25-21(29)27(19)16-12-8-5-9-13-16/h4-13,17H,2-3,14H2,1H3,(H,24,28)(H,25,29). The Hall–Kier alpha value is -2.84. The van der Waals surface area contributed by atoms with Crippen LogP contribution in [0.15, 0.2) is 60.7 Å². The average molecular weight is 423 g/mol. The normalized spacial score (nSPS) is 11.2. The largest absolute Gasteiger partial charge is 0.272 e. The maximum Gasteiger partial charge on any atom is 0.199 e. The highest BCUT2D eigenvalue weighted by molar-refractivity contribution is 7.71. The van der Waals surface area contributed by atoms with Gasteiger partial charge in [0.1, 0.15) is 11.6 Å². The summed E-state index contributed by atoms with van der Waals surface area (Å²) in [7, 11) is 0. The van der Waals surface area contributed by atoms with Crippen LogP contribution in [0.25, 0.3) is 11.4 Å². The smallest absolute Gasteiger partial charge is 0.199 e. The summed E-state index contributed by atoms with van der Waals surface area (Å²) in [5, 5.41) is 15.2. The molecule has 4 rings (SSSR count). The number of hydrogen-bond donors (Lipinski definition) is 2. The van der Waals surface area contributed by atoms with Gasteiger partial charge in [-0.15, -0.1) is 0 Å². The van der Waals surface area contributed by atoms with E-state index in [1.165, 1.54) is 0 Å². The van der Waals surface area contributed by atoms with Crippen LogP contribution in [0.4, 0.5) is 0 Å². The number of aromatic amines is 2. The Kier molecular flexibility index (Phi) is 5.82. The van der Waals surface area contributed by atoms with Gasteiger partial charge in [0.25, 0.3) is 0 Å². The molecule has 2 aromatic heterocycles. The van der Waals surface area contributed by atoms with Crippen molar-refractivity contribution in [1.29, 1.82) is 0 Å². The van der Waals surface area contributed by atoms with Crippen molar-refractivity contribution in [3.8, 4) is 11.4 Å². The first-order chi connectivity index (χ1) is 14.2. The molecule has 0 aliphatic carbocycles. The molecule has 0 spiro atoms. The van der Waals surface area contributed by atoms with E-state index in [1.807, 2.05) is 69.8 Å². The van der Waals surface area contributed by atoms with Crippen LogP contribution in [-0.2, 0) is 0 Å². The van der Waals surface area contributed by atoms with E-state index in [1.54, 1.807) is 0 Å². The lowest BCUT2D eigenvalue weighted by atomic mass is 9.99. The molecular weight excluding hydrogens is 400 g/mol. The van der Waals surface area contributed by atoms with E-state index < -0.39 is 0 Å². The third-order valence-electron chi connectivity index (χ3n) is 4.90. The molecule has 8 heteroatoms. The van der Waals surface area contributed by atoms with E-state index in [4.69, 9.17) is 24.4 Å². The molecule has 148 valence electrons. The van der Waals surface area contributed by atoms with E-state index in [2.05, 4.69) is 27.3 Å². The zero-order valence-corrected chi connectivity index (χ0v) is 17.7. The van der Waals surface area contributed by atoms with Gasteiger partial charge in [-0.2, -0.15) is 10.2 Å². The predicted octanol–water partition coefficient (Wildman–Crippen LogP) is 5.50. The van der Waals surface area contributed by atoms with Crippen molar-refractivity contribution in [2.24, 2.45) is 0 Å². The third kappa shape index (κ3) is 3.86. The Labute approximate surface area is 179 Å². The van der Waals surface area contributed by atoms with Crippen molar-refractivity contribution < 1.29 is 0 Å². The number of hydrogen-bond acceptors (Lipinski definition) is 4. The molecule has 2 N–H and O–H groups in total. The highest BCUT2D eigenvalue weighted by Crippen LogP contribution is 2.30. The zero-order valence-electron chi connectivity index (χ0n) is 16.1. The Morgan fingerprint density at radius 1 is 0.793 bits per heavy atom. The number of H-pyrrole nitrogens is 2. The average Bonchev–Trinajstić information content (AvgIpc) is 3.33. The first-order valence-corrected chi connectivity index (χ1v) is 10.5. The number of aromatic nitrogens is 6. The molecule has 0 aliphatic rings. The number of nitrogens with zero attached hydrogens (tertiary/aromatic N) is 4. The van der Waals surface area contributed by atoms with E-state index in [0.717, 1.165) is 42.3 Å². The van der Waals surface area contributed by atoms with Gasteiger partial charge >= 0.3 is 0 Å². The monoisotopic (exact) mass is 422 g/mol. The molecule has 6 nitrogen and oxygen atoms in total. The van der Waals surface area contributed by atoms with Crippen molar-refractivity contribution in [2.45, 2.75) is 32.1 Å². The van der Waals surface area contributed by atoms with Gasteiger partial charge in [-0.3, -0.25) is 19.3 Å². The van der Waals surface area contributed by atoms with E-state index in [-0.39, 0.29) is 5.92 Å². The fourth-order valence-corrected chi connectivity index (χ4v) is 4.01. The van der Waals surface area contributed by atoms with Gasteiger partial charge in [0.2, 0.25) is 0 Å². The Bertz CT molecular complexity index is 1100. The minimum Gasteiger partial charge on any atom is -0.272 e. The first-order valence-electron chi connectivity index (χ1n) is 9.66. The van der Waals surface area contributed by atoms with Gasteiger partial charge in [0.15, 0.2) is 9.54 Å². The summed E-state index contributed by atoms with van der Waals surface area (Å²) >= 11 is 11.1. The molecule has 2 aromatic carbocycles. The molecule has 0 saturated heterocycles. The van der Waals surface area contributed by atoms with Gasteiger partial charge < -0.3 is 0 Å². The topological polar surface area (TPSA) is 67.2 Å². The Morgan fingerprint density at radius 2 is 1.24 bits per heavy atom. The lowest BCUT2D eigenvalue weighted by Gasteiger charge is -2.18. The summed E-state index contributed by atoms with van der Waals surface area (Å²) in [4.78, 5) is 0. The molecule has 2 heterocycles. The van der Waals surface area contributed by atoms with E-state index >= 15 is 0 Å². The maximum atomic E-state index is 5.56. The van der Waals surface area contributed by atoms with Crippen LogP contribution >= 0.6 is 24.4 Å². The number of unbranched alkanes of at least 4 members (excludes halogenated alkanes) is 1. The van der Waals surface area contributed by atoms with E-state index in [9.17, 15) is 0 Å². The highest BCUT2D eigenvalue weighted by atomic mass is 32.1. The second kappa shape index (κ2) is 8.67. The van der Waals surface area contributed by atoms with Crippen molar-refractivity contribution in [1.82, 2.24) is 29.5 Å². The van der Waals surface area contributed by atoms with Crippen LogP contribution in [0.1, 0.15) is 43.8 Å². The first kappa shape index (κ1) is 19.5. The Morgan fingerprint density at radius 3 is 1.66 bits per heavy atom. The number of para-hydroxylation sites is 2. The van der Waals surface area contributed by atoms with Crippen LogP contribution in [0, 0.1) is 9.54 Å². The van der Waals surface area contributed by atoms with Gasteiger partial charge in [-0.05, 0) is 55.1 Å². The summed E-state index contributed by atoms with van der Waals surface area (Å²) in [5.41, 5.74) is 1.95. The fourth-order valence-electron chi connectivity index (χ4n) is 3.52. The molecular formula is C21H22N6S2. The molecule has 0 radical (unpaired) electrons. The molecule has 0 atom stereocenters. The summed E-state index contributed by atoms with van der Waals surface area (Å²) in [6.45, 7) is 2.18. The number of benzene rings is 2. The summed E-state index contributed by atoms with van der Waals surface area (Å²) in [6.07, 6.45) is 2.99. The second-order valence-corrected chi connectivity index (χ2v) is 7.58. The molecule has 0 saturated carbocycles. The lowest BCUT2D eigenvalue weighted by molar-refractivity contribution is 0.577. The van der Waals surface area contributed by atoms with Gasteiger partial charge in [0, 0.05) is 11.4 Å². The summed E-state index contributed by atoms with van der Waals surface area (Å²) in [6, 6.07) is 20.1. The fraction of sp³-hybridized carbons (Fsp3) is 0.238. The van der Waals surface area contributed by atoms with Crippen LogP contribution < -0.4 is 0 Å². The van der Waals surface area contributed by atoms with E-state index in [0.29, 0.717) is 9.54 Å². The van der Waals surface area contributed by atoms with Crippen LogP contribution in [-0.4, -0.2) is 29.5 Å². The minimum absolute atomic E-state index is 0.0729. The molecule has 0 fully saturated rings. The highest BCUT2D eigenvalue weighted by Gasteiger charge is 2.27. The van der Waals surface area contributed by atoms with Gasteiger partial charge in [0.05, 0.1) is 5.92 Å². The van der Waals surface area contributed by atoms with Crippen molar-refractivity contribution in [2.75, 3.05) is 0 Å². The van der Waals surface area contributed by atoms with Crippen molar-refractivity contribution >= 4 is 24.4 Å². The number of rotatable bonds is 7. The maximum absolute atomic E-state index is 5.56.